The fourth-order valence-corrected chi connectivity index (χ4v) is 3.28. The molecule has 0 radical (unpaired) electrons. The van der Waals surface area contributed by atoms with E-state index in [-0.39, 0.29) is 18.6 Å². The molecule has 0 unspecified atom stereocenters. The zero-order chi connectivity index (χ0) is 17.9. The number of aromatic nitrogens is 2. The van der Waals surface area contributed by atoms with E-state index >= 15 is 0 Å². The molecule has 1 aromatic heterocycles. The van der Waals surface area contributed by atoms with Crippen molar-refractivity contribution in [3.63, 3.8) is 0 Å². The minimum Gasteiger partial charge on any atom is -0.445 e. The summed E-state index contributed by atoms with van der Waals surface area (Å²) in [4.78, 5) is 26.0. The molecule has 0 bridgehead atoms. The van der Waals surface area contributed by atoms with E-state index in [0.29, 0.717) is 18.7 Å². The second-order valence-corrected chi connectivity index (χ2v) is 6.61. The van der Waals surface area contributed by atoms with E-state index in [1.54, 1.807) is 23.1 Å². The maximum Gasteiger partial charge on any atom is 0.407 e. The van der Waals surface area contributed by atoms with Crippen LogP contribution < -0.4 is 5.32 Å². The molecule has 2 heterocycles. The number of carbonyl (C=O) groups excluding carboxylic acids is 2. The average Bonchev–Trinajstić information content (AvgIpc) is 3.10. The molecule has 0 aliphatic carbocycles. The lowest BCUT2D eigenvalue weighted by Crippen LogP contribution is -2.61. The summed E-state index contributed by atoms with van der Waals surface area (Å²) in [6.07, 6.45) is -0.471. The number of carbonyl (C=O) groups is 2. The Morgan fingerprint density at radius 1 is 1.12 bits per heavy atom. The molecular weight excluding hydrogens is 352 g/mol. The third kappa shape index (κ3) is 3.50. The number of amides is 2. The highest BCUT2D eigenvalue weighted by Gasteiger charge is 2.32. The fraction of sp³-hybridized carbons (Fsp3) is 0.222. The Balaban J connectivity index is 1.25. The fourth-order valence-electron chi connectivity index (χ4n) is 2.76. The molecule has 1 saturated heterocycles. The van der Waals surface area contributed by atoms with Crippen LogP contribution >= 0.6 is 11.7 Å². The molecule has 26 heavy (non-hydrogen) atoms. The summed E-state index contributed by atoms with van der Waals surface area (Å²) in [5.41, 5.74) is 3.02. The van der Waals surface area contributed by atoms with E-state index in [1.165, 1.54) is 0 Å². The van der Waals surface area contributed by atoms with Crippen LogP contribution in [0.3, 0.4) is 0 Å². The number of alkyl carbamates (subject to hydrolysis) is 1. The normalized spacial score (nSPS) is 14.1. The maximum absolute atomic E-state index is 12.5. The predicted octanol–water partition coefficient (Wildman–Crippen LogP) is 2.44. The van der Waals surface area contributed by atoms with Crippen LogP contribution in [0.4, 0.5) is 4.79 Å². The molecule has 7 nitrogen and oxygen atoms in total. The van der Waals surface area contributed by atoms with Crippen molar-refractivity contribution in [1.29, 1.82) is 0 Å². The second-order valence-electron chi connectivity index (χ2n) is 6.08. The molecule has 4 rings (SSSR count). The van der Waals surface area contributed by atoms with Crippen LogP contribution in [-0.4, -0.2) is 44.8 Å². The smallest absolute Gasteiger partial charge is 0.407 e. The van der Waals surface area contributed by atoms with Gasteiger partial charge in [0, 0.05) is 18.7 Å². The zero-order valence-electron chi connectivity index (χ0n) is 13.8. The monoisotopic (exact) mass is 368 g/mol. The summed E-state index contributed by atoms with van der Waals surface area (Å²) < 4.78 is 13.5. The number of hydrogen-bond acceptors (Lipinski definition) is 6. The van der Waals surface area contributed by atoms with Gasteiger partial charge in [-0.25, -0.2) is 4.79 Å². The third-order valence-electron chi connectivity index (χ3n) is 4.20. The van der Waals surface area contributed by atoms with Crippen LogP contribution in [0.2, 0.25) is 0 Å². The van der Waals surface area contributed by atoms with Gasteiger partial charge < -0.3 is 15.0 Å². The quantitative estimate of drug-likeness (QED) is 0.765. The SMILES string of the molecule is O=C(NC1CN(C(=O)c2ccc3nsnc3c2)C1)OCc1ccccc1. The zero-order valence-corrected chi connectivity index (χ0v) is 14.6. The van der Waals surface area contributed by atoms with Gasteiger partial charge in [0.15, 0.2) is 0 Å². The molecule has 2 aromatic carbocycles. The number of likely N-dealkylation sites (tertiary alicyclic amines) is 1. The number of benzene rings is 2. The molecule has 0 spiro atoms. The summed E-state index contributed by atoms with van der Waals surface area (Å²) in [6.45, 7) is 1.16. The summed E-state index contributed by atoms with van der Waals surface area (Å²) >= 11 is 1.13. The maximum atomic E-state index is 12.5. The highest BCUT2D eigenvalue weighted by molar-refractivity contribution is 7.00. The standard InChI is InChI=1S/C18H16N4O3S/c23-17(13-6-7-15-16(8-13)21-26-20-15)22-9-14(10-22)19-18(24)25-11-12-4-2-1-3-5-12/h1-8,14H,9-11H2,(H,19,24). The van der Waals surface area contributed by atoms with Crippen molar-refractivity contribution >= 4 is 34.8 Å². The van der Waals surface area contributed by atoms with Gasteiger partial charge in [0.1, 0.15) is 17.6 Å². The largest absolute Gasteiger partial charge is 0.445 e. The lowest BCUT2D eigenvalue weighted by molar-refractivity contribution is 0.0546. The van der Waals surface area contributed by atoms with Crippen LogP contribution in [0.15, 0.2) is 48.5 Å². The van der Waals surface area contributed by atoms with Gasteiger partial charge in [-0.05, 0) is 23.8 Å². The van der Waals surface area contributed by atoms with E-state index in [4.69, 9.17) is 4.74 Å². The molecule has 1 aliphatic heterocycles. The molecule has 3 aromatic rings. The molecule has 1 N–H and O–H groups in total. The summed E-state index contributed by atoms with van der Waals surface area (Å²) in [5, 5.41) is 2.77. The molecule has 1 aliphatic rings. The highest BCUT2D eigenvalue weighted by atomic mass is 32.1. The van der Waals surface area contributed by atoms with Gasteiger partial charge >= 0.3 is 6.09 Å². The summed E-state index contributed by atoms with van der Waals surface area (Å²) in [7, 11) is 0. The van der Waals surface area contributed by atoms with Crippen LogP contribution in [0.5, 0.6) is 0 Å². The van der Waals surface area contributed by atoms with Crippen molar-refractivity contribution in [1.82, 2.24) is 19.0 Å². The number of hydrogen-bond donors (Lipinski definition) is 1. The molecule has 2 amide bonds. The first-order valence-electron chi connectivity index (χ1n) is 8.18. The summed E-state index contributed by atoms with van der Waals surface area (Å²) in [6, 6.07) is 14.7. The van der Waals surface area contributed by atoms with Gasteiger partial charge in [-0.3, -0.25) is 4.79 Å². The first-order chi connectivity index (χ1) is 12.7. The number of nitrogens with zero attached hydrogens (tertiary/aromatic N) is 3. The third-order valence-corrected chi connectivity index (χ3v) is 4.76. The molecule has 8 heteroatoms. The van der Waals surface area contributed by atoms with Gasteiger partial charge in [0.05, 0.1) is 17.8 Å². The first-order valence-corrected chi connectivity index (χ1v) is 8.91. The van der Waals surface area contributed by atoms with Crippen LogP contribution in [0.1, 0.15) is 15.9 Å². The van der Waals surface area contributed by atoms with Crippen molar-refractivity contribution in [3.05, 3.63) is 59.7 Å². The van der Waals surface area contributed by atoms with Crippen LogP contribution in [0, 0.1) is 0 Å². The van der Waals surface area contributed by atoms with Crippen molar-refractivity contribution in [2.24, 2.45) is 0 Å². The Kier molecular flexibility index (Phi) is 4.49. The summed E-state index contributed by atoms with van der Waals surface area (Å²) in [5.74, 6) is -0.0735. The molecule has 132 valence electrons. The van der Waals surface area contributed by atoms with Gasteiger partial charge in [-0.2, -0.15) is 8.75 Å². The number of nitrogens with one attached hydrogen (secondary N) is 1. The number of fused-ring (bicyclic) bond motifs is 1. The Bertz CT molecular complexity index is 938. The van der Waals surface area contributed by atoms with Gasteiger partial charge in [-0.1, -0.05) is 30.3 Å². The molecule has 0 saturated carbocycles. The topological polar surface area (TPSA) is 84.4 Å². The van der Waals surface area contributed by atoms with E-state index in [9.17, 15) is 9.59 Å². The van der Waals surface area contributed by atoms with Crippen molar-refractivity contribution in [2.45, 2.75) is 12.6 Å². The van der Waals surface area contributed by atoms with Gasteiger partial charge in [0.25, 0.3) is 5.91 Å². The second kappa shape index (κ2) is 7.09. The number of ether oxygens (including phenoxy) is 1. The lowest BCUT2D eigenvalue weighted by Gasteiger charge is -2.39. The minimum absolute atomic E-state index is 0.0735. The van der Waals surface area contributed by atoms with Crippen molar-refractivity contribution in [3.8, 4) is 0 Å². The average molecular weight is 368 g/mol. The Hall–Kier alpha value is -3.00. The van der Waals surface area contributed by atoms with Crippen LogP contribution in [-0.2, 0) is 11.3 Å². The Morgan fingerprint density at radius 3 is 2.69 bits per heavy atom. The van der Waals surface area contributed by atoms with E-state index < -0.39 is 6.09 Å². The minimum atomic E-state index is -0.471. The molecule has 0 atom stereocenters. The Labute approximate surface area is 153 Å². The van der Waals surface area contributed by atoms with Gasteiger partial charge in [0.2, 0.25) is 0 Å². The molecular formula is C18H16N4O3S. The molecule has 1 fully saturated rings. The van der Waals surface area contributed by atoms with E-state index in [0.717, 1.165) is 28.3 Å². The highest BCUT2D eigenvalue weighted by Crippen LogP contribution is 2.18. The van der Waals surface area contributed by atoms with E-state index in [2.05, 4.69) is 14.1 Å². The first kappa shape index (κ1) is 16.5. The van der Waals surface area contributed by atoms with Crippen molar-refractivity contribution < 1.29 is 14.3 Å². The van der Waals surface area contributed by atoms with Gasteiger partial charge in [-0.15, -0.1) is 0 Å². The lowest BCUT2D eigenvalue weighted by atomic mass is 10.1. The Morgan fingerprint density at radius 2 is 1.88 bits per heavy atom. The van der Waals surface area contributed by atoms with Crippen LogP contribution in [0.25, 0.3) is 11.0 Å². The van der Waals surface area contributed by atoms with E-state index in [1.807, 2.05) is 30.3 Å². The van der Waals surface area contributed by atoms with Crippen molar-refractivity contribution in [2.75, 3.05) is 13.1 Å². The predicted molar refractivity (Wildman–Crippen MR) is 96.9 cm³/mol. The number of rotatable bonds is 4.